The van der Waals surface area contributed by atoms with Crippen LogP contribution in [0.3, 0.4) is 0 Å². The lowest BCUT2D eigenvalue weighted by Gasteiger charge is -2.38. The maximum Gasteiger partial charge on any atom is 0.317 e. The zero-order valence-corrected chi connectivity index (χ0v) is 25.5. The van der Waals surface area contributed by atoms with E-state index in [2.05, 4.69) is 60.0 Å². The molecule has 3 atom stereocenters. The van der Waals surface area contributed by atoms with E-state index in [1.54, 1.807) is 7.11 Å². The predicted molar refractivity (Wildman–Crippen MR) is 168 cm³/mol. The van der Waals surface area contributed by atoms with Crippen molar-refractivity contribution < 1.29 is 14.3 Å². The second-order valence-electron chi connectivity index (χ2n) is 10.7. The minimum atomic E-state index is -0.158. The van der Waals surface area contributed by atoms with Gasteiger partial charge >= 0.3 is 6.03 Å². The van der Waals surface area contributed by atoms with E-state index in [1.165, 1.54) is 11.1 Å². The molecule has 0 radical (unpaired) electrons. The molecule has 0 spiro atoms. The lowest BCUT2D eigenvalue weighted by Crippen LogP contribution is -2.50. The van der Waals surface area contributed by atoms with Crippen LogP contribution in [-0.2, 0) is 17.6 Å². The summed E-state index contributed by atoms with van der Waals surface area (Å²) in [5.41, 5.74) is 5.69. The highest BCUT2D eigenvalue weighted by atomic mass is 35.5. The van der Waals surface area contributed by atoms with Gasteiger partial charge in [-0.25, -0.2) is 4.79 Å². The zero-order valence-electron chi connectivity index (χ0n) is 24.8. The van der Waals surface area contributed by atoms with Crippen LogP contribution in [0.15, 0.2) is 66.7 Å². The van der Waals surface area contributed by atoms with E-state index in [9.17, 15) is 4.79 Å². The quantitative estimate of drug-likeness (QED) is 0.246. The fourth-order valence-electron chi connectivity index (χ4n) is 5.77. The Bertz CT molecular complexity index is 1270. The average Bonchev–Trinajstić information content (AvgIpc) is 3.02. The van der Waals surface area contributed by atoms with Crippen LogP contribution in [0.25, 0.3) is 11.1 Å². The molecule has 1 aliphatic heterocycles. The number of rotatable bonds is 12. The summed E-state index contributed by atoms with van der Waals surface area (Å²) in [6.45, 7) is 6.70. The molecule has 2 N–H and O–H groups in total. The highest BCUT2D eigenvalue weighted by Gasteiger charge is 2.33. The average molecular weight is 578 g/mol. The molecule has 4 rings (SSSR count). The third-order valence-corrected chi connectivity index (χ3v) is 8.36. The summed E-state index contributed by atoms with van der Waals surface area (Å²) in [5, 5.41) is 7.24. The van der Waals surface area contributed by atoms with E-state index in [1.807, 2.05) is 43.1 Å². The first kappa shape index (κ1) is 30.9. The number of likely N-dealkylation sites (N-methyl/N-ethyl adjacent to an activating group) is 1. The van der Waals surface area contributed by atoms with E-state index in [0.717, 1.165) is 59.7 Å². The van der Waals surface area contributed by atoms with Gasteiger partial charge in [0.2, 0.25) is 0 Å². The topological polar surface area (TPSA) is 62.8 Å². The highest BCUT2D eigenvalue weighted by molar-refractivity contribution is 6.33. The second-order valence-corrected chi connectivity index (χ2v) is 11.1. The fourth-order valence-corrected chi connectivity index (χ4v) is 6.07. The van der Waals surface area contributed by atoms with Gasteiger partial charge in [-0.1, -0.05) is 67.1 Å². The summed E-state index contributed by atoms with van der Waals surface area (Å²) in [5.74, 6) is 1.01. The first-order valence-corrected chi connectivity index (χ1v) is 15.2. The summed E-state index contributed by atoms with van der Waals surface area (Å²) in [4.78, 5) is 15.3. The molecular weight excluding hydrogens is 534 g/mol. The van der Waals surface area contributed by atoms with Crippen molar-refractivity contribution in [3.8, 4) is 16.9 Å². The Morgan fingerprint density at radius 2 is 1.85 bits per heavy atom. The number of urea groups is 1. The number of methoxy groups -OCH3 is 1. The SMILES string of the molecule is CCOC(c1cccc(Cl)c1-c1cccc(CC)c1)C1CCCN(C(=O)NCC(Cc2ccc(OC)cc2)NC)C1. The largest absolute Gasteiger partial charge is 0.497 e. The van der Waals surface area contributed by atoms with Gasteiger partial charge in [-0.2, -0.15) is 0 Å². The van der Waals surface area contributed by atoms with Gasteiger partial charge in [0, 0.05) is 48.8 Å². The van der Waals surface area contributed by atoms with Crippen LogP contribution in [-0.4, -0.2) is 57.4 Å². The molecule has 1 fully saturated rings. The Morgan fingerprint density at radius 1 is 1.07 bits per heavy atom. The van der Waals surface area contributed by atoms with Gasteiger partial charge in [-0.15, -0.1) is 0 Å². The molecule has 0 aliphatic carbocycles. The summed E-state index contributed by atoms with van der Waals surface area (Å²) >= 11 is 6.84. The summed E-state index contributed by atoms with van der Waals surface area (Å²) in [6.07, 6.45) is 3.54. The van der Waals surface area contributed by atoms with E-state index in [-0.39, 0.29) is 24.1 Å². The number of hydrogen-bond donors (Lipinski definition) is 2. The molecule has 1 heterocycles. The number of likely N-dealkylation sites (tertiary alicyclic amines) is 1. The van der Waals surface area contributed by atoms with Crippen molar-refractivity contribution in [3.05, 3.63) is 88.4 Å². The van der Waals surface area contributed by atoms with Crippen LogP contribution in [0.4, 0.5) is 4.79 Å². The van der Waals surface area contributed by atoms with Crippen LogP contribution in [0.2, 0.25) is 5.02 Å². The lowest BCUT2D eigenvalue weighted by atomic mass is 9.84. The molecule has 0 bridgehead atoms. The predicted octanol–water partition coefficient (Wildman–Crippen LogP) is 6.91. The number of nitrogens with one attached hydrogen (secondary N) is 2. The second kappa shape index (κ2) is 15.2. The fraction of sp³-hybridized carbons (Fsp3) is 0.441. The van der Waals surface area contributed by atoms with E-state index in [0.29, 0.717) is 19.7 Å². The first-order chi connectivity index (χ1) is 20.0. The van der Waals surface area contributed by atoms with Crippen LogP contribution in [0, 0.1) is 5.92 Å². The van der Waals surface area contributed by atoms with Crippen LogP contribution in [0.5, 0.6) is 5.75 Å². The number of nitrogens with zero attached hydrogens (tertiary/aromatic N) is 1. The number of halogens is 1. The maximum atomic E-state index is 13.3. The smallest absolute Gasteiger partial charge is 0.317 e. The molecule has 3 aromatic rings. The Balaban J connectivity index is 1.46. The molecule has 0 saturated carbocycles. The molecule has 220 valence electrons. The van der Waals surface area contributed by atoms with Gasteiger partial charge in [0.1, 0.15) is 5.75 Å². The Kier molecular flexibility index (Phi) is 11.5. The van der Waals surface area contributed by atoms with Gasteiger partial charge in [0.25, 0.3) is 0 Å². The molecule has 6 nitrogen and oxygen atoms in total. The zero-order chi connectivity index (χ0) is 29.2. The van der Waals surface area contributed by atoms with Gasteiger partial charge in [-0.05, 0) is 80.1 Å². The Labute approximate surface area is 250 Å². The van der Waals surface area contributed by atoms with Crippen molar-refractivity contribution >= 4 is 17.6 Å². The van der Waals surface area contributed by atoms with E-state index < -0.39 is 0 Å². The molecule has 0 aromatic heterocycles. The van der Waals surface area contributed by atoms with Crippen molar-refractivity contribution in [1.82, 2.24) is 15.5 Å². The normalized spacial score (nSPS) is 16.7. The van der Waals surface area contributed by atoms with Crippen molar-refractivity contribution in [3.63, 3.8) is 0 Å². The molecular formula is C34H44ClN3O3. The summed E-state index contributed by atoms with van der Waals surface area (Å²) in [6, 6.07) is 22.8. The van der Waals surface area contributed by atoms with Gasteiger partial charge in [0.05, 0.1) is 13.2 Å². The standard InChI is InChI=1S/C34H44ClN3O3/c1-5-24-10-7-11-26(20-24)32-30(13-8-14-31(32)35)33(41-6-2)27-12-9-19-38(23-27)34(39)37-22-28(36-3)21-25-15-17-29(40-4)18-16-25/h7-8,10-11,13-18,20,27-28,33,36H,5-6,9,12,19,21-23H2,1-4H3,(H,37,39). The molecule has 41 heavy (non-hydrogen) atoms. The maximum absolute atomic E-state index is 13.3. The molecule has 3 aromatic carbocycles. The molecule has 3 unspecified atom stereocenters. The number of ether oxygens (including phenoxy) is 2. The van der Waals surface area contributed by atoms with Gasteiger partial charge in [0.15, 0.2) is 0 Å². The van der Waals surface area contributed by atoms with Crippen molar-refractivity contribution in [2.45, 2.75) is 51.7 Å². The number of hydrogen-bond acceptors (Lipinski definition) is 4. The minimum absolute atomic E-state index is 0.0260. The van der Waals surface area contributed by atoms with Gasteiger partial charge < -0.3 is 25.0 Å². The van der Waals surface area contributed by atoms with Crippen molar-refractivity contribution in [2.75, 3.05) is 40.4 Å². The van der Waals surface area contributed by atoms with E-state index >= 15 is 0 Å². The molecule has 7 heteroatoms. The number of amides is 2. The van der Waals surface area contributed by atoms with Crippen LogP contribution >= 0.6 is 11.6 Å². The lowest BCUT2D eigenvalue weighted by molar-refractivity contribution is -0.00353. The monoisotopic (exact) mass is 577 g/mol. The van der Waals surface area contributed by atoms with Crippen LogP contribution in [0.1, 0.15) is 49.5 Å². The Morgan fingerprint density at radius 3 is 2.56 bits per heavy atom. The first-order valence-electron chi connectivity index (χ1n) is 14.8. The third kappa shape index (κ3) is 8.03. The Hall–Kier alpha value is -3.06. The number of piperidine rings is 1. The number of aryl methyl sites for hydroxylation is 1. The number of carbonyl (C=O) groups excluding carboxylic acids is 1. The highest BCUT2D eigenvalue weighted by Crippen LogP contribution is 2.41. The summed E-state index contributed by atoms with van der Waals surface area (Å²) in [7, 11) is 3.60. The van der Waals surface area contributed by atoms with Crippen LogP contribution < -0.4 is 15.4 Å². The number of benzene rings is 3. The van der Waals surface area contributed by atoms with Gasteiger partial charge in [-0.3, -0.25) is 0 Å². The molecule has 2 amide bonds. The van der Waals surface area contributed by atoms with Crippen molar-refractivity contribution in [1.29, 1.82) is 0 Å². The third-order valence-electron chi connectivity index (χ3n) is 8.04. The number of carbonyl (C=O) groups is 1. The van der Waals surface area contributed by atoms with Crippen molar-refractivity contribution in [2.24, 2.45) is 5.92 Å². The summed E-state index contributed by atoms with van der Waals surface area (Å²) < 4.78 is 11.7. The van der Waals surface area contributed by atoms with E-state index in [4.69, 9.17) is 21.1 Å². The molecule has 1 saturated heterocycles. The minimum Gasteiger partial charge on any atom is -0.497 e. The molecule has 1 aliphatic rings.